The van der Waals surface area contributed by atoms with Crippen LogP contribution < -0.4 is 0 Å². The number of carbonyl (C=O) groups excluding carboxylic acids is 1. The number of rotatable bonds is 6. The summed E-state index contributed by atoms with van der Waals surface area (Å²) in [4.78, 5) is 29.2. The Hall–Kier alpha value is -3.12. The summed E-state index contributed by atoms with van der Waals surface area (Å²) >= 11 is 6.11. The largest absolute Gasteiger partial charge is 0.481 e. The quantitative estimate of drug-likeness (QED) is 0.692. The van der Waals surface area contributed by atoms with Crippen LogP contribution in [0.5, 0.6) is 0 Å². The van der Waals surface area contributed by atoms with Gasteiger partial charge in [0, 0.05) is 22.3 Å². The van der Waals surface area contributed by atoms with Crippen LogP contribution in [0.25, 0.3) is 6.08 Å². The highest BCUT2D eigenvalue weighted by atomic mass is 35.5. The van der Waals surface area contributed by atoms with Crippen LogP contribution >= 0.6 is 11.6 Å². The van der Waals surface area contributed by atoms with E-state index in [-0.39, 0.29) is 12.2 Å². The molecule has 0 radical (unpaired) electrons. The predicted octanol–water partition coefficient (Wildman–Crippen LogP) is 4.72. The number of esters is 1. The van der Waals surface area contributed by atoms with Gasteiger partial charge in [0.05, 0.1) is 11.8 Å². The van der Waals surface area contributed by atoms with Gasteiger partial charge >= 0.3 is 11.9 Å². The van der Waals surface area contributed by atoms with Crippen LogP contribution in [-0.4, -0.2) is 29.4 Å². The second-order valence-corrected chi connectivity index (χ2v) is 7.05. The maximum absolute atomic E-state index is 12.9. The Morgan fingerprint density at radius 1 is 1.28 bits per heavy atom. The van der Waals surface area contributed by atoms with Crippen LogP contribution in [0.4, 0.5) is 0 Å². The van der Waals surface area contributed by atoms with E-state index in [1.165, 1.54) is 0 Å². The Kier molecular flexibility index (Phi) is 6.34. The van der Waals surface area contributed by atoms with Crippen molar-refractivity contribution in [3.63, 3.8) is 0 Å². The number of aliphatic imine (C=N–C) groups is 1. The van der Waals surface area contributed by atoms with Crippen LogP contribution in [0.15, 0.2) is 69.4 Å². The zero-order valence-corrected chi connectivity index (χ0v) is 16.7. The first-order valence-corrected chi connectivity index (χ1v) is 9.37. The van der Waals surface area contributed by atoms with Crippen LogP contribution in [-0.2, 0) is 14.3 Å². The molecule has 150 valence electrons. The molecule has 0 fully saturated rings. The zero-order chi connectivity index (χ0) is 21.0. The minimum atomic E-state index is -1.06. The second-order valence-electron chi connectivity index (χ2n) is 6.62. The van der Waals surface area contributed by atoms with Crippen LogP contribution in [0.1, 0.15) is 31.1 Å². The number of aliphatic carboxylic acids is 1. The van der Waals surface area contributed by atoms with E-state index < -0.39 is 23.8 Å². The molecule has 2 heterocycles. The number of carboxylic acid groups (broad SMARTS) is 1. The van der Waals surface area contributed by atoms with Crippen molar-refractivity contribution in [2.24, 2.45) is 10.9 Å². The van der Waals surface area contributed by atoms with Crippen LogP contribution in [0.2, 0.25) is 5.02 Å². The number of hydrogen-bond donors (Lipinski definition) is 1. The number of allylic oxidation sites excluding steroid dienone is 1. The van der Waals surface area contributed by atoms with E-state index in [1.54, 1.807) is 68.7 Å². The smallest absolute Gasteiger partial charge is 0.336 e. The zero-order valence-electron chi connectivity index (χ0n) is 16.0. The molecule has 1 aromatic carbocycles. The van der Waals surface area contributed by atoms with E-state index in [4.69, 9.17) is 20.8 Å². The summed E-state index contributed by atoms with van der Waals surface area (Å²) in [6, 6.07) is 10.4. The number of halogens is 1. The summed E-state index contributed by atoms with van der Waals surface area (Å²) < 4.78 is 10.6. The third kappa shape index (κ3) is 4.66. The summed E-state index contributed by atoms with van der Waals surface area (Å²) in [5.74, 6) is -2.77. The van der Waals surface area contributed by atoms with E-state index >= 15 is 0 Å². The van der Waals surface area contributed by atoms with Gasteiger partial charge in [0.25, 0.3) is 0 Å². The Morgan fingerprint density at radius 2 is 2.07 bits per heavy atom. The second kappa shape index (κ2) is 8.92. The van der Waals surface area contributed by atoms with Crippen molar-refractivity contribution in [3.05, 3.63) is 76.4 Å². The molecule has 0 saturated heterocycles. The number of nitrogens with zero attached hydrogens (tertiary/aromatic N) is 1. The van der Waals surface area contributed by atoms with Crippen molar-refractivity contribution in [3.8, 4) is 0 Å². The van der Waals surface area contributed by atoms with E-state index in [2.05, 4.69) is 4.99 Å². The van der Waals surface area contributed by atoms with Crippen molar-refractivity contribution >= 4 is 35.3 Å². The number of carboxylic acids is 1. The number of ether oxygens (including phenoxy) is 1. The first kappa shape index (κ1) is 20.6. The SMILES string of the molecule is CC1=NC(C)=C(C(=O)OCC=Cc2ccco2)C(c2cccc(Cl)c2)C1C(=O)O. The van der Waals surface area contributed by atoms with Gasteiger partial charge in [-0.15, -0.1) is 0 Å². The summed E-state index contributed by atoms with van der Waals surface area (Å²) in [5.41, 5.74) is 1.70. The maximum Gasteiger partial charge on any atom is 0.336 e. The minimum Gasteiger partial charge on any atom is -0.481 e. The average molecular weight is 414 g/mol. The highest BCUT2D eigenvalue weighted by Gasteiger charge is 2.41. The number of carbonyl (C=O) groups is 2. The maximum atomic E-state index is 12.9. The summed E-state index contributed by atoms with van der Waals surface area (Å²) in [6.45, 7) is 3.33. The Balaban J connectivity index is 1.90. The Bertz CT molecular complexity index is 1000. The van der Waals surface area contributed by atoms with Gasteiger partial charge in [-0.3, -0.25) is 9.79 Å². The van der Waals surface area contributed by atoms with Gasteiger partial charge in [-0.1, -0.05) is 23.7 Å². The van der Waals surface area contributed by atoms with Crippen molar-refractivity contribution in [1.82, 2.24) is 0 Å². The molecular weight excluding hydrogens is 394 g/mol. The number of hydrogen-bond acceptors (Lipinski definition) is 5. The Morgan fingerprint density at radius 3 is 2.72 bits per heavy atom. The lowest BCUT2D eigenvalue weighted by atomic mass is 9.75. The molecule has 0 bridgehead atoms. The van der Waals surface area contributed by atoms with Gasteiger partial charge < -0.3 is 14.3 Å². The first-order chi connectivity index (χ1) is 13.9. The van der Waals surface area contributed by atoms with Gasteiger partial charge in [0.15, 0.2) is 0 Å². The summed E-state index contributed by atoms with van der Waals surface area (Å²) in [7, 11) is 0. The fourth-order valence-corrected chi connectivity index (χ4v) is 3.63. The van der Waals surface area contributed by atoms with E-state index in [1.807, 2.05) is 0 Å². The van der Waals surface area contributed by atoms with Gasteiger partial charge in [0.1, 0.15) is 18.3 Å². The van der Waals surface area contributed by atoms with Crippen molar-refractivity contribution in [1.29, 1.82) is 0 Å². The molecule has 29 heavy (non-hydrogen) atoms. The lowest BCUT2D eigenvalue weighted by Gasteiger charge is -2.30. The molecule has 0 aliphatic carbocycles. The third-order valence-corrected chi connectivity index (χ3v) is 4.89. The highest BCUT2D eigenvalue weighted by molar-refractivity contribution is 6.30. The minimum absolute atomic E-state index is 0.0129. The predicted molar refractivity (Wildman–Crippen MR) is 110 cm³/mol. The summed E-state index contributed by atoms with van der Waals surface area (Å²) in [6.07, 6.45) is 4.88. The number of benzene rings is 1. The van der Waals surface area contributed by atoms with Gasteiger partial charge in [-0.05, 0) is 55.8 Å². The van der Waals surface area contributed by atoms with Gasteiger partial charge in [0.2, 0.25) is 0 Å². The molecule has 0 amide bonds. The first-order valence-electron chi connectivity index (χ1n) is 9.00. The third-order valence-electron chi connectivity index (χ3n) is 4.66. The van der Waals surface area contributed by atoms with Crippen LogP contribution in [0, 0.1) is 5.92 Å². The average Bonchev–Trinajstić information content (AvgIpc) is 3.17. The van der Waals surface area contributed by atoms with Gasteiger partial charge in [-0.2, -0.15) is 0 Å². The topological polar surface area (TPSA) is 89.1 Å². The van der Waals surface area contributed by atoms with Gasteiger partial charge in [-0.25, -0.2) is 4.79 Å². The molecule has 2 aromatic rings. The molecular formula is C22H20ClNO5. The van der Waals surface area contributed by atoms with E-state index in [0.29, 0.717) is 27.8 Å². The fourth-order valence-electron chi connectivity index (χ4n) is 3.43. The molecule has 6 nitrogen and oxygen atoms in total. The van der Waals surface area contributed by atoms with Crippen molar-refractivity contribution in [2.45, 2.75) is 19.8 Å². The highest BCUT2D eigenvalue weighted by Crippen LogP contribution is 2.40. The molecule has 1 aliphatic rings. The molecule has 1 aliphatic heterocycles. The molecule has 0 spiro atoms. The van der Waals surface area contributed by atoms with E-state index in [9.17, 15) is 14.7 Å². The molecule has 2 unspecified atom stereocenters. The normalized spacial score (nSPS) is 19.3. The van der Waals surface area contributed by atoms with Crippen molar-refractivity contribution < 1.29 is 23.8 Å². The molecule has 1 N–H and O–H groups in total. The fraction of sp³-hybridized carbons (Fsp3) is 0.227. The monoisotopic (exact) mass is 413 g/mol. The lowest BCUT2D eigenvalue weighted by Crippen LogP contribution is -2.35. The molecule has 3 rings (SSSR count). The lowest BCUT2D eigenvalue weighted by molar-refractivity contribution is -0.140. The summed E-state index contributed by atoms with van der Waals surface area (Å²) in [5, 5.41) is 10.3. The number of furan rings is 1. The molecule has 2 atom stereocenters. The molecule has 7 heteroatoms. The Labute approximate surface area is 173 Å². The van der Waals surface area contributed by atoms with Crippen molar-refractivity contribution in [2.75, 3.05) is 6.61 Å². The standard InChI is InChI=1S/C22H20ClNO5/c1-13-18(21(25)26)20(15-6-3-7-16(23)12-15)19(14(2)24-13)22(27)29-11-5-9-17-8-4-10-28-17/h3-10,12,18,20H,11H2,1-2H3,(H,25,26). The molecule has 1 aromatic heterocycles. The van der Waals surface area contributed by atoms with E-state index in [0.717, 1.165) is 0 Å². The molecule has 0 saturated carbocycles. The van der Waals surface area contributed by atoms with Crippen LogP contribution in [0.3, 0.4) is 0 Å².